The Hall–Kier alpha value is -3.28. The molecule has 1 heterocycles. The molecule has 120 valence electrons. The summed E-state index contributed by atoms with van der Waals surface area (Å²) in [5, 5.41) is 17.2. The Morgan fingerprint density at radius 3 is 2.42 bits per heavy atom. The molecule has 3 rings (SSSR count). The molecule has 6 heteroatoms. The lowest BCUT2D eigenvalue weighted by atomic mass is 10.2. The van der Waals surface area contributed by atoms with Gasteiger partial charge < -0.3 is 10.1 Å². The molecule has 0 bridgehead atoms. The quantitative estimate of drug-likeness (QED) is 0.415. The summed E-state index contributed by atoms with van der Waals surface area (Å²) in [6.45, 7) is 2.74. The van der Waals surface area contributed by atoms with Gasteiger partial charge in [0.15, 0.2) is 11.5 Å². The van der Waals surface area contributed by atoms with Gasteiger partial charge in [0.05, 0.1) is 16.7 Å². The van der Waals surface area contributed by atoms with E-state index < -0.39 is 0 Å². The van der Waals surface area contributed by atoms with E-state index in [1.54, 1.807) is 12.1 Å². The van der Waals surface area contributed by atoms with Crippen LogP contribution in [0.1, 0.15) is 13.8 Å². The third-order valence-corrected chi connectivity index (χ3v) is 3.47. The number of nitrogens with one attached hydrogen (secondary N) is 1. The van der Waals surface area contributed by atoms with Crippen LogP contribution in [0.2, 0.25) is 0 Å². The van der Waals surface area contributed by atoms with E-state index in [4.69, 9.17) is 0 Å². The minimum Gasteiger partial charge on any atom is -0.510 e. The maximum atomic E-state index is 11.3. The van der Waals surface area contributed by atoms with Crippen LogP contribution in [0, 0.1) is 0 Å². The third kappa shape index (κ3) is 3.22. The highest BCUT2D eigenvalue weighted by Crippen LogP contribution is 2.23. The fourth-order valence-electron chi connectivity index (χ4n) is 2.28. The number of para-hydroxylation sites is 2. The second-order valence-corrected chi connectivity index (χ2v) is 5.34. The molecule has 0 aliphatic carbocycles. The number of azo groups is 1. The molecule has 1 aromatic heterocycles. The number of rotatable bonds is 4. The van der Waals surface area contributed by atoms with Gasteiger partial charge in [0.2, 0.25) is 0 Å². The number of H-pyrrole nitrogens is 1. The Balaban J connectivity index is 1.85. The number of carbonyl (C=O) groups is 1. The summed E-state index contributed by atoms with van der Waals surface area (Å²) in [5.41, 5.74) is 3.34. The van der Waals surface area contributed by atoms with Crippen LogP contribution in [-0.4, -0.2) is 20.9 Å². The SMILES string of the molecule is CC(=O)C(N=Nc1ccc(-c2nc3ccccc3[nH]2)cc1)=C(C)O. The van der Waals surface area contributed by atoms with Crippen LogP contribution >= 0.6 is 0 Å². The van der Waals surface area contributed by atoms with Crippen molar-refractivity contribution in [3.63, 3.8) is 0 Å². The predicted molar refractivity (Wildman–Crippen MR) is 92.1 cm³/mol. The standard InChI is InChI=1S/C18H16N4O2/c1-11(23)17(12(2)24)22-21-14-9-7-13(8-10-14)18-19-15-5-3-4-6-16(15)20-18/h3-10,23H,1-2H3,(H,19,20). The van der Waals surface area contributed by atoms with Crippen molar-refractivity contribution in [1.82, 2.24) is 9.97 Å². The zero-order chi connectivity index (χ0) is 17.1. The largest absolute Gasteiger partial charge is 0.510 e. The summed E-state index contributed by atoms with van der Waals surface area (Å²) in [7, 11) is 0. The summed E-state index contributed by atoms with van der Waals surface area (Å²) in [6, 6.07) is 15.1. The molecular formula is C18H16N4O2. The minimum atomic E-state index is -0.336. The lowest BCUT2D eigenvalue weighted by Crippen LogP contribution is -1.96. The molecule has 0 spiro atoms. The molecule has 2 N–H and O–H groups in total. The summed E-state index contributed by atoms with van der Waals surface area (Å²) < 4.78 is 0. The Labute approximate surface area is 138 Å². The Morgan fingerprint density at radius 2 is 1.79 bits per heavy atom. The Bertz CT molecular complexity index is 916. The maximum absolute atomic E-state index is 11.3. The molecule has 0 fully saturated rings. The molecule has 24 heavy (non-hydrogen) atoms. The molecule has 0 saturated heterocycles. The fourth-order valence-corrected chi connectivity index (χ4v) is 2.28. The van der Waals surface area contributed by atoms with E-state index in [2.05, 4.69) is 20.2 Å². The van der Waals surface area contributed by atoms with Crippen LogP contribution in [-0.2, 0) is 4.79 Å². The van der Waals surface area contributed by atoms with E-state index in [1.807, 2.05) is 36.4 Å². The minimum absolute atomic E-state index is 0.0450. The van der Waals surface area contributed by atoms with Crippen molar-refractivity contribution in [3.05, 3.63) is 60.0 Å². The number of hydrogen-bond donors (Lipinski definition) is 2. The van der Waals surface area contributed by atoms with Gasteiger partial charge in [-0.25, -0.2) is 4.98 Å². The normalized spacial score (nSPS) is 12.6. The molecule has 6 nitrogen and oxygen atoms in total. The lowest BCUT2D eigenvalue weighted by Gasteiger charge is -1.99. The van der Waals surface area contributed by atoms with E-state index in [1.165, 1.54) is 13.8 Å². The van der Waals surface area contributed by atoms with Crippen molar-refractivity contribution in [2.24, 2.45) is 10.2 Å². The van der Waals surface area contributed by atoms with Gasteiger partial charge in [0, 0.05) is 12.5 Å². The number of benzene rings is 2. The van der Waals surface area contributed by atoms with E-state index in [9.17, 15) is 9.90 Å². The van der Waals surface area contributed by atoms with Crippen molar-refractivity contribution in [2.75, 3.05) is 0 Å². The van der Waals surface area contributed by atoms with Crippen molar-refractivity contribution >= 4 is 22.5 Å². The number of aromatic amines is 1. The zero-order valence-corrected chi connectivity index (χ0v) is 13.3. The highest BCUT2D eigenvalue weighted by atomic mass is 16.3. The van der Waals surface area contributed by atoms with E-state index in [0.29, 0.717) is 5.69 Å². The van der Waals surface area contributed by atoms with Gasteiger partial charge in [0.25, 0.3) is 0 Å². The van der Waals surface area contributed by atoms with Crippen molar-refractivity contribution < 1.29 is 9.90 Å². The third-order valence-electron chi connectivity index (χ3n) is 3.47. The second kappa shape index (κ2) is 6.45. The Morgan fingerprint density at radius 1 is 1.08 bits per heavy atom. The van der Waals surface area contributed by atoms with Gasteiger partial charge in [-0.3, -0.25) is 4.79 Å². The van der Waals surface area contributed by atoms with Crippen LogP contribution in [0.4, 0.5) is 5.69 Å². The molecule has 2 aromatic carbocycles. The number of hydrogen-bond acceptors (Lipinski definition) is 5. The maximum Gasteiger partial charge on any atom is 0.183 e. The van der Waals surface area contributed by atoms with E-state index >= 15 is 0 Å². The number of allylic oxidation sites excluding steroid dienone is 2. The first-order valence-electron chi connectivity index (χ1n) is 7.42. The van der Waals surface area contributed by atoms with Gasteiger partial charge in [0.1, 0.15) is 11.6 Å². The molecule has 0 saturated carbocycles. The van der Waals surface area contributed by atoms with Gasteiger partial charge in [-0.2, -0.15) is 5.11 Å². The molecule has 0 amide bonds. The van der Waals surface area contributed by atoms with E-state index in [0.717, 1.165) is 22.4 Å². The number of aliphatic hydroxyl groups excluding tert-OH is 1. The van der Waals surface area contributed by atoms with Crippen molar-refractivity contribution in [2.45, 2.75) is 13.8 Å². The molecular weight excluding hydrogens is 304 g/mol. The number of nitrogens with zero attached hydrogens (tertiary/aromatic N) is 3. The van der Waals surface area contributed by atoms with Gasteiger partial charge in [-0.15, -0.1) is 5.11 Å². The van der Waals surface area contributed by atoms with E-state index in [-0.39, 0.29) is 17.2 Å². The Kier molecular flexibility index (Phi) is 4.20. The average Bonchev–Trinajstić information content (AvgIpc) is 2.99. The number of ketones is 1. The first-order valence-corrected chi connectivity index (χ1v) is 7.42. The number of imidazole rings is 1. The topological polar surface area (TPSA) is 90.7 Å². The molecule has 0 aliphatic heterocycles. The summed E-state index contributed by atoms with van der Waals surface area (Å²) in [6.07, 6.45) is 0. The molecule has 0 atom stereocenters. The molecule has 3 aromatic rings. The zero-order valence-electron chi connectivity index (χ0n) is 13.3. The smallest absolute Gasteiger partial charge is 0.183 e. The van der Waals surface area contributed by atoms with Gasteiger partial charge in [-0.05, 0) is 43.3 Å². The fraction of sp³-hybridized carbons (Fsp3) is 0.111. The molecule has 0 unspecified atom stereocenters. The first-order chi connectivity index (χ1) is 11.5. The highest BCUT2D eigenvalue weighted by molar-refractivity contribution is 5.93. The number of carbonyl (C=O) groups excluding carboxylic acids is 1. The summed E-state index contributed by atoms with van der Waals surface area (Å²) in [5.74, 6) is 0.290. The molecule has 0 radical (unpaired) electrons. The number of aromatic nitrogens is 2. The van der Waals surface area contributed by atoms with Crippen molar-refractivity contribution in [3.8, 4) is 11.4 Å². The van der Waals surface area contributed by atoms with Crippen LogP contribution in [0.25, 0.3) is 22.4 Å². The highest BCUT2D eigenvalue weighted by Gasteiger charge is 2.07. The summed E-state index contributed by atoms with van der Waals surface area (Å²) >= 11 is 0. The first kappa shape index (κ1) is 15.6. The van der Waals surface area contributed by atoms with Gasteiger partial charge >= 0.3 is 0 Å². The van der Waals surface area contributed by atoms with Crippen LogP contribution in [0.5, 0.6) is 0 Å². The van der Waals surface area contributed by atoms with Crippen molar-refractivity contribution in [1.29, 1.82) is 0 Å². The monoisotopic (exact) mass is 320 g/mol. The van der Waals surface area contributed by atoms with Crippen LogP contribution in [0.15, 0.2) is 70.2 Å². The number of aliphatic hydroxyl groups is 1. The predicted octanol–water partition coefficient (Wildman–Crippen LogP) is 4.69. The molecule has 0 aliphatic rings. The van der Waals surface area contributed by atoms with Crippen LogP contribution in [0.3, 0.4) is 0 Å². The summed E-state index contributed by atoms with van der Waals surface area (Å²) in [4.78, 5) is 19.1. The second-order valence-electron chi connectivity index (χ2n) is 5.34. The van der Waals surface area contributed by atoms with Crippen LogP contribution < -0.4 is 0 Å². The lowest BCUT2D eigenvalue weighted by molar-refractivity contribution is -0.113. The average molecular weight is 320 g/mol. The van der Waals surface area contributed by atoms with Gasteiger partial charge in [-0.1, -0.05) is 12.1 Å². The number of fused-ring (bicyclic) bond motifs is 1. The number of Topliss-reactive ketones (excluding diaryl/α,β-unsaturated/α-hetero) is 1.